The van der Waals surface area contributed by atoms with Crippen LogP contribution >= 0.6 is 0 Å². The van der Waals surface area contributed by atoms with Crippen LogP contribution in [0.3, 0.4) is 0 Å². The number of nitrogens with one attached hydrogen (secondary N) is 1. The van der Waals surface area contributed by atoms with Gasteiger partial charge in [0.05, 0.1) is 18.1 Å². The summed E-state index contributed by atoms with van der Waals surface area (Å²) in [6, 6.07) is 0. The molecule has 1 unspecified atom stereocenters. The maximum absolute atomic E-state index is 12.0. The first-order chi connectivity index (χ1) is 7.58. The molecule has 5 nitrogen and oxygen atoms in total. The van der Waals surface area contributed by atoms with Gasteiger partial charge in [0.1, 0.15) is 5.69 Å². The highest BCUT2D eigenvalue weighted by molar-refractivity contribution is 5.92. The van der Waals surface area contributed by atoms with Crippen LogP contribution in [-0.2, 0) is 0 Å². The van der Waals surface area contributed by atoms with Gasteiger partial charge in [0.2, 0.25) is 0 Å². The van der Waals surface area contributed by atoms with Crippen molar-refractivity contribution < 1.29 is 9.90 Å². The van der Waals surface area contributed by atoms with Gasteiger partial charge in [-0.15, -0.1) is 0 Å². The standard InChI is InChI=1S/C11H17N3O2/c1-11(16)3-2-5-14(6-4-11)10(15)9-7-12-8-13-9/h7-8,16H,2-6H2,1H3,(H,12,13). The number of hydrogen-bond donors (Lipinski definition) is 2. The van der Waals surface area contributed by atoms with Crippen molar-refractivity contribution >= 4 is 5.91 Å². The average molecular weight is 223 g/mol. The van der Waals surface area contributed by atoms with Gasteiger partial charge in [-0.05, 0) is 26.2 Å². The maximum Gasteiger partial charge on any atom is 0.271 e. The van der Waals surface area contributed by atoms with E-state index in [1.165, 1.54) is 12.5 Å². The molecule has 0 saturated carbocycles. The highest BCUT2D eigenvalue weighted by atomic mass is 16.3. The number of aliphatic hydroxyl groups is 1. The van der Waals surface area contributed by atoms with Crippen LogP contribution in [0.5, 0.6) is 0 Å². The molecule has 0 aromatic carbocycles. The zero-order valence-corrected chi connectivity index (χ0v) is 9.44. The number of H-pyrrole nitrogens is 1. The van der Waals surface area contributed by atoms with Gasteiger partial charge >= 0.3 is 0 Å². The first-order valence-corrected chi connectivity index (χ1v) is 5.58. The lowest BCUT2D eigenvalue weighted by Crippen LogP contribution is -2.33. The number of likely N-dealkylation sites (tertiary alicyclic amines) is 1. The predicted octanol–water partition coefficient (Wildman–Crippen LogP) is 0.787. The quantitative estimate of drug-likeness (QED) is 0.739. The molecular formula is C11H17N3O2. The zero-order valence-electron chi connectivity index (χ0n) is 9.44. The molecule has 1 aliphatic heterocycles. The van der Waals surface area contributed by atoms with Crippen LogP contribution in [0.1, 0.15) is 36.7 Å². The fraction of sp³-hybridized carbons (Fsp3) is 0.636. The Kier molecular flexibility index (Phi) is 2.96. The van der Waals surface area contributed by atoms with E-state index >= 15 is 0 Å². The molecule has 1 aliphatic rings. The second-order valence-electron chi connectivity index (χ2n) is 4.61. The Labute approximate surface area is 94.5 Å². The van der Waals surface area contributed by atoms with Crippen LogP contribution in [0.15, 0.2) is 12.5 Å². The van der Waals surface area contributed by atoms with Gasteiger partial charge in [0.25, 0.3) is 5.91 Å². The Bertz CT molecular complexity index is 359. The first-order valence-electron chi connectivity index (χ1n) is 5.58. The third-order valence-corrected chi connectivity index (χ3v) is 3.08. The van der Waals surface area contributed by atoms with Gasteiger partial charge in [-0.1, -0.05) is 0 Å². The number of rotatable bonds is 1. The smallest absolute Gasteiger partial charge is 0.271 e. The Balaban J connectivity index is 2.03. The predicted molar refractivity (Wildman–Crippen MR) is 59.0 cm³/mol. The van der Waals surface area contributed by atoms with E-state index in [0.29, 0.717) is 25.2 Å². The molecule has 5 heteroatoms. The summed E-state index contributed by atoms with van der Waals surface area (Å²) in [6.45, 7) is 3.13. The van der Waals surface area contributed by atoms with E-state index in [0.717, 1.165) is 12.8 Å². The van der Waals surface area contributed by atoms with Crippen LogP contribution in [0.25, 0.3) is 0 Å². The lowest BCUT2D eigenvalue weighted by Gasteiger charge is -2.22. The van der Waals surface area contributed by atoms with Crippen LogP contribution in [-0.4, -0.2) is 44.6 Å². The molecule has 1 fully saturated rings. The number of hydrogen-bond acceptors (Lipinski definition) is 3. The maximum atomic E-state index is 12.0. The lowest BCUT2D eigenvalue weighted by molar-refractivity contribution is 0.0437. The molecule has 0 spiro atoms. The van der Waals surface area contributed by atoms with Crippen molar-refractivity contribution in [2.75, 3.05) is 13.1 Å². The van der Waals surface area contributed by atoms with Crippen molar-refractivity contribution in [3.05, 3.63) is 18.2 Å². The third kappa shape index (κ3) is 2.41. The van der Waals surface area contributed by atoms with Crippen LogP contribution in [0.4, 0.5) is 0 Å². The van der Waals surface area contributed by atoms with E-state index in [9.17, 15) is 9.90 Å². The van der Waals surface area contributed by atoms with Crippen molar-refractivity contribution in [2.24, 2.45) is 0 Å². The molecule has 1 amide bonds. The summed E-state index contributed by atoms with van der Waals surface area (Å²) in [5.74, 6) is -0.0322. The average Bonchev–Trinajstić information content (AvgIpc) is 2.69. The number of aromatic nitrogens is 2. The lowest BCUT2D eigenvalue weighted by atomic mass is 9.98. The van der Waals surface area contributed by atoms with E-state index < -0.39 is 5.60 Å². The van der Waals surface area contributed by atoms with E-state index in [4.69, 9.17) is 0 Å². The van der Waals surface area contributed by atoms with Gasteiger partial charge in [-0.25, -0.2) is 4.98 Å². The number of nitrogens with zero attached hydrogens (tertiary/aromatic N) is 2. The summed E-state index contributed by atoms with van der Waals surface area (Å²) < 4.78 is 0. The second kappa shape index (κ2) is 4.25. The molecule has 88 valence electrons. The molecule has 1 atom stereocenters. The minimum atomic E-state index is -0.636. The summed E-state index contributed by atoms with van der Waals surface area (Å²) in [5, 5.41) is 9.93. The fourth-order valence-electron chi connectivity index (χ4n) is 2.01. The van der Waals surface area contributed by atoms with Crippen molar-refractivity contribution in [3.8, 4) is 0 Å². The topological polar surface area (TPSA) is 69.2 Å². The fourth-order valence-corrected chi connectivity index (χ4v) is 2.01. The second-order valence-corrected chi connectivity index (χ2v) is 4.61. The van der Waals surface area contributed by atoms with Crippen LogP contribution in [0.2, 0.25) is 0 Å². The Hall–Kier alpha value is -1.36. The van der Waals surface area contributed by atoms with E-state index in [1.54, 1.807) is 4.90 Å². The Morgan fingerprint density at radius 1 is 1.56 bits per heavy atom. The summed E-state index contributed by atoms with van der Waals surface area (Å²) in [7, 11) is 0. The summed E-state index contributed by atoms with van der Waals surface area (Å²) in [5.41, 5.74) is -0.121. The third-order valence-electron chi connectivity index (χ3n) is 3.08. The molecule has 2 N–H and O–H groups in total. The SMILES string of the molecule is CC1(O)CCCN(C(=O)c2cnc[nH]2)CC1. The number of carbonyl (C=O) groups excluding carboxylic acids is 1. The van der Waals surface area contributed by atoms with E-state index in [1.807, 2.05) is 6.92 Å². The first kappa shape index (κ1) is 11.1. The van der Waals surface area contributed by atoms with Crippen molar-refractivity contribution in [2.45, 2.75) is 31.8 Å². The van der Waals surface area contributed by atoms with Gasteiger partial charge in [-0.2, -0.15) is 0 Å². The number of amides is 1. The minimum absolute atomic E-state index is 0.0322. The highest BCUT2D eigenvalue weighted by Gasteiger charge is 2.27. The molecular weight excluding hydrogens is 206 g/mol. The zero-order chi connectivity index (χ0) is 11.6. The van der Waals surface area contributed by atoms with Gasteiger partial charge in [-0.3, -0.25) is 4.79 Å². The van der Waals surface area contributed by atoms with Gasteiger partial charge in [0.15, 0.2) is 0 Å². The molecule has 1 aromatic rings. The Morgan fingerprint density at radius 2 is 2.38 bits per heavy atom. The Morgan fingerprint density at radius 3 is 3.06 bits per heavy atom. The number of aromatic amines is 1. The number of carbonyl (C=O) groups is 1. The van der Waals surface area contributed by atoms with Crippen molar-refractivity contribution in [3.63, 3.8) is 0 Å². The van der Waals surface area contributed by atoms with E-state index in [2.05, 4.69) is 9.97 Å². The van der Waals surface area contributed by atoms with Crippen molar-refractivity contribution in [1.29, 1.82) is 0 Å². The van der Waals surface area contributed by atoms with Crippen LogP contribution < -0.4 is 0 Å². The minimum Gasteiger partial charge on any atom is -0.390 e. The largest absolute Gasteiger partial charge is 0.390 e. The molecule has 0 radical (unpaired) electrons. The molecule has 0 aliphatic carbocycles. The van der Waals surface area contributed by atoms with Gasteiger partial charge < -0.3 is 15.0 Å². The molecule has 2 rings (SSSR count). The normalized spacial score (nSPS) is 26.5. The van der Waals surface area contributed by atoms with Crippen molar-refractivity contribution in [1.82, 2.24) is 14.9 Å². The number of imidazole rings is 1. The highest BCUT2D eigenvalue weighted by Crippen LogP contribution is 2.21. The van der Waals surface area contributed by atoms with Crippen LogP contribution in [0, 0.1) is 0 Å². The molecule has 1 aromatic heterocycles. The molecule has 2 heterocycles. The van der Waals surface area contributed by atoms with Gasteiger partial charge in [0, 0.05) is 13.1 Å². The molecule has 1 saturated heterocycles. The summed E-state index contributed by atoms with van der Waals surface area (Å²) in [4.78, 5) is 20.4. The molecule has 16 heavy (non-hydrogen) atoms. The molecule has 0 bridgehead atoms. The summed E-state index contributed by atoms with van der Waals surface area (Å²) in [6.07, 6.45) is 5.26. The van der Waals surface area contributed by atoms with E-state index in [-0.39, 0.29) is 5.91 Å². The summed E-state index contributed by atoms with van der Waals surface area (Å²) >= 11 is 0. The monoisotopic (exact) mass is 223 g/mol.